The van der Waals surface area contributed by atoms with Gasteiger partial charge >= 0.3 is 5.97 Å². The van der Waals surface area contributed by atoms with Crippen LogP contribution in [0.2, 0.25) is 0 Å². The van der Waals surface area contributed by atoms with Crippen molar-refractivity contribution in [1.82, 2.24) is 9.66 Å². The summed E-state index contributed by atoms with van der Waals surface area (Å²) in [4.78, 5) is 15.4. The van der Waals surface area contributed by atoms with Crippen molar-refractivity contribution >= 4 is 18.1 Å². The van der Waals surface area contributed by atoms with E-state index in [2.05, 4.69) is 10.1 Å². The van der Waals surface area contributed by atoms with Crippen molar-refractivity contribution in [2.75, 3.05) is 26.1 Å². The van der Waals surface area contributed by atoms with Crippen LogP contribution >= 0.6 is 0 Å². The minimum atomic E-state index is -0.225. The van der Waals surface area contributed by atoms with Crippen molar-refractivity contribution in [2.24, 2.45) is 5.10 Å². The molecule has 0 aliphatic carbocycles. The van der Waals surface area contributed by atoms with Crippen molar-refractivity contribution in [3.8, 4) is 11.5 Å². The topological polar surface area (TPSA) is 101 Å². The quantitative estimate of drug-likeness (QED) is 0.419. The van der Waals surface area contributed by atoms with Gasteiger partial charge in [-0.2, -0.15) is 5.10 Å². The molecule has 2 N–H and O–H groups in total. The number of nitrogen functional groups attached to an aromatic ring is 1. The minimum Gasteiger partial charge on any atom is -0.493 e. The zero-order valence-electron chi connectivity index (χ0n) is 15.3. The smallest absolute Gasteiger partial charge is 0.305 e. The number of hydrogen-bond acceptors (Lipinski definition) is 7. The summed E-state index contributed by atoms with van der Waals surface area (Å²) < 4.78 is 17.4. The summed E-state index contributed by atoms with van der Waals surface area (Å²) in [7, 11) is 1.57. The number of benzene rings is 1. The highest BCUT2D eigenvalue weighted by Crippen LogP contribution is 2.27. The molecule has 140 valence electrons. The molecule has 8 heteroatoms. The van der Waals surface area contributed by atoms with Crippen molar-refractivity contribution in [3.05, 3.63) is 35.7 Å². The molecular weight excluding hydrogens is 336 g/mol. The van der Waals surface area contributed by atoms with Crippen LogP contribution in [0.4, 0.5) is 5.95 Å². The maximum atomic E-state index is 11.3. The van der Waals surface area contributed by atoms with E-state index in [9.17, 15) is 4.79 Å². The fourth-order valence-corrected chi connectivity index (χ4v) is 2.24. The van der Waals surface area contributed by atoms with Crippen LogP contribution in [0.5, 0.6) is 11.5 Å². The summed E-state index contributed by atoms with van der Waals surface area (Å²) in [5.41, 5.74) is 7.37. The number of carbonyl (C=O) groups is 1. The first-order chi connectivity index (χ1) is 12.5. The normalized spacial score (nSPS) is 10.9. The van der Waals surface area contributed by atoms with Crippen LogP contribution in [0.3, 0.4) is 0 Å². The van der Waals surface area contributed by atoms with Gasteiger partial charge in [-0.25, -0.2) is 9.66 Å². The number of methoxy groups -OCH3 is 1. The van der Waals surface area contributed by atoms with Crippen molar-refractivity contribution < 1.29 is 19.0 Å². The van der Waals surface area contributed by atoms with Crippen molar-refractivity contribution in [2.45, 2.75) is 26.7 Å². The van der Waals surface area contributed by atoms with Gasteiger partial charge in [0.2, 0.25) is 5.95 Å². The maximum absolute atomic E-state index is 11.3. The Balaban J connectivity index is 2.01. The zero-order valence-corrected chi connectivity index (χ0v) is 15.3. The molecule has 26 heavy (non-hydrogen) atoms. The standard InChI is InChI=1S/C18H24N4O4/c1-4-25-17(23)6-5-9-26-16-10-14(7-8-15(16)24-3)11-20-22-12-13(2)21-18(22)19/h7-8,10-12H,4-6,9H2,1-3H3,(H2,19,21). The van der Waals surface area contributed by atoms with Crippen molar-refractivity contribution in [3.63, 3.8) is 0 Å². The van der Waals surface area contributed by atoms with Gasteiger partial charge in [0.25, 0.3) is 0 Å². The molecule has 1 aromatic heterocycles. The second-order valence-electron chi connectivity index (χ2n) is 5.50. The largest absolute Gasteiger partial charge is 0.493 e. The number of nitrogens with two attached hydrogens (primary N) is 1. The first kappa shape index (κ1) is 19.3. The average Bonchev–Trinajstić information content (AvgIpc) is 2.94. The average molecular weight is 360 g/mol. The molecule has 0 spiro atoms. The van der Waals surface area contributed by atoms with Gasteiger partial charge in [0.05, 0.1) is 38.4 Å². The Morgan fingerprint density at radius 3 is 2.85 bits per heavy atom. The van der Waals surface area contributed by atoms with Gasteiger partial charge in [0, 0.05) is 6.42 Å². The summed E-state index contributed by atoms with van der Waals surface area (Å²) in [5, 5.41) is 4.28. The molecule has 2 aromatic rings. The van der Waals surface area contributed by atoms with Crippen LogP contribution in [0.15, 0.2) is 29.5 Å². The van der Waals surface area contributed by atoms with Crippen LogP contribution < -0.4 is 15.2 Å². The van der Waals surface area contributed by atoms with E-state index < -0.39 is 0 Å². The highest BCUT2D eigenvalue weighted by atomic mass is 16.5. The number of aryl methyl sites for hydroxylation is 1. The lowest BCUT2D eigenvalue weighted by molar-refractivity contribution is -0.143. The Morgan fingerprint density at radius 1 is 1.38 bits per heavy atom. The molecule has 2 rings (SSSR count). The lowest BCUT2D eigenvalue weighted by Crippen LogP contribution is -2.07. The molecule has 1 heterocycles. The van der Waals surface area contributed by atoms with E-state index in [1.165, 1.54) is 4.68 Å². The Bertz CT molecular complexity index is 771. The first-order valence-electron chi connectivity index (χ1n) is 8.35. The number of hydrogen-bond donors (Lipinski definition) is 1. The second-order valence-corrected chi connectivity index (χ2v) is 5.50. The molecular formula is C18H24N4O4. The van der Waals surface area contributed by atoms with Gasteiger partial charge in [0.15, 0.2) is 11.5 Å². The third kappa shape index (κ3) is 5.51. The minimum absolute atomic E-state index is 0.225. The summed E-state index contributed by atoms with van der Waals surface area (Å²) >= 11 is 0. The summed E-state index contributed by atoms with van der Waals surface area (Å²) in [6.45, 7) is 4.39. The van der Waals surface area contributed by atoms with Gasteiger partial charge in [-0.3, -0.25) is 4.79 Å². The molecule has 0 amide bonds. The zero-order chi connectivity index (χ0) is 18.9. The Labute approximate surface area is 152 Å². The molecule has 0 unspecified atom stereocenters. The van der Waals surface area contributed by atoms with Gasteiger partial charge in [0.1, 0.15) is 0 Å². The molecule has 0 radical (unpaired) electrons. The summed E-state index contributed by atoms with van der Waals surface area (Å²) in [6.07, 6.45) is 4.27. The number of nitrogens with zero attached hydrogens (tertiary/aromatic N) is 3. The number of esters is 1. The SMILES string of the molecule is CCOC(=O)CCCOc1cc(C=Nn2cc(C)nc2N)ccc1OC. The molecule has 0 fully saturated rings. The number of rotatable bonds is 9. The predicted octanol–water partition coefficient (Wildman–Crippen LogP) is 2.39. The van der Waals surface area contributed by atoms with Crippen LogP contribution in [0.1, 0.15) is 31.0 Å². The van der Waals surface area contributed by atoms with Crippen LogP contribution in [-0.2, 0) is 9.53 Å². The fraction of sp³-hybridized carbons (Fsp3) is 0.389. The lowest BCUT2D eigenvalue weighted by atomic mass is 10.2. The lowest BCUT2D eigenvalue weighted by Gasteiger charge is -2.11. The molecule has 1 aromatic carbocycles. The monoisotopic (exact) mass is 360 g/mol. The Hall–Kier alpha value is -3.03. The number of ether oxygens (including phenoxy) is 3. The van der Waals surface area contributed by atoms with Gasteiger partial charge in [-0.05, 0) is 44.0 Å². The van der Waals surface area contributed by atoms with Gasteiger partial charge in [-0.15, -0.1) is 0 Å². The molecule has 0 atom stereocenters. The number of aromatic nitrogens is 2. The van der Waals surface area contributed by atoms with E-state index in [4.69, 9.17) is 19.9 Å². The summed E-state index contributed by atoms with van der Waals surface area (Å²) in [5.74, 6) is 1.28. The fourth-order valence-electron chi connectivity index (χ4n) is 2.24. The molecule has 0 bridgehead atoms. The molecule has 8 nitrogen and oxygen atoms in total. The highest BCUT2D eigenvalue weighted by Gasteiger charge is 2.07. The third-order valence-corrected chi connectivity index (χ3v) is 3.44. The van der Waals surface area contributed by atoms with E-state index in [0.717, 1.165) is 11.3 Å². The molecule has 0 saturated carbocycles. The molecule has 0 saturated heterocycles. The number of anilines is 1. The van der Waals surface area contributed by atoms with Crippen LogP contribution in [0, 0.1) is 6.92 Å². The van der Waals surface area contributed by atoms with E-state index in [1.54, 1.807) is 32.5 Å². The van der Waals surface area contributed by atoms with E-state index in [0.29, 0.717) is 43.5 Å². The first-order valence-corrected chi connectivity index (χ1v) is 8.35. The molecule has 0 aliphatic heterocycles. The van der Waals surface area contributed by atoms with Crippen molar-refractivity contribution in [1.29, 1.82) is 0 Å². The summed E-state index contributed by atoms with van der Waals surface area (Å²) in [6, 6.07) is 5.46. The number of imidazole rings is 1. The third-order valence-electron chi connectivity index (χ3n) is 3.44. The Kier molecular flexibility index (Phi) is 7.02. The van der Waals surface area contributed by atoms with E-state index in [-0.39, 0.29) is 5.97 Å². The van der Waals surface area contributed by atoms with E-state index >= 15 is 0 Å². The maximum Gasteiger partial charge on any atom is 0.305 e. The Morgan fingerprint density at radius 2 is 2.19 bits per heavy atom. The molecule has 0 aliphatic rings. The van der Waals surface area contributed by atoms with Gasteiger partial charge < -0.3 is 19.9 Å². The van der Waals surface area contributed by atoms with E-state index in [1.807, 2.05) is 19.1 Å². The second kappa shape index (κ2) is 9.45. The van der Waals surface area contributed by atoms with Crippen LogP contribution in [-0.4, -0.2) is 42.2 Å². The number of carbonyl (C=O) groups excluding carboxylic acids is 1. The van der Waals surface area contributed by atoms with Crippen LogP contribution in [0.25, 0.3) is 0 Å². The highest BCUT2D eigenvalue weighted by molar-refractivity contribution is 5.81. The van der Waals surface area contributed by atoms with Gasteiger partial charge in [-0.1, -0.05) is 0 Å². The predicted molar refractivity (Wildman–Crippen MR) is 98.7 cm³/mol.